The molecule has 1 atom stereocenters. The van der Waals surface area contributed by atoms with Gasteiger partial charge in [-0.3, -0.25) is 0 Å². The molecule has 0 spiro atoms. The third kappa shape index (κ3) is 4.19. The van der Waals surface area contributed by atoms with E-state index in [0.717, 1.165) is 25.0 Å². The van der Waals surface area contributed by atoms with Crippen LogP contribution in [-0.4, -0.2) is 15.7 Å². The molecule has 10 rings (SSSR count). The topological polar surface area (TPSA) is 19.1 Å². The summed E-state index contributed by atoms with van der Waals surface area (Å²) in [5, 5.41) is 6.54. The van der Waals surface area contributed by atoms with Crippen LogP contribution in [0.3, 0.4) is 0 Å². The SMILES string of the molecule is CCOC1=CC(n2c3c(c4ccccc42)C=CCC3)CC(c2ccc3c(c2)c2ccccc2n3-c2ccc3sc4ccccc4c3c2)=C1. The summed E-state index contributed by atoms with van der Waals surface area (Å²) < 4.78 is 13.9. The van der Waals surface area contributed by atoms with Crippen molar-refractivity contribution in [1.29, 1.82) is 0 Å². The minimum Gasteiger partial charge on any atom is -0.494 e. The molecule has 2 aliphatic carbocycles. The van der Waals surface area contributed by atoms with Gasteiger partial charge in [0.05, 0.1) is 23.7 Å². The standard InChI is InChI=1S/C44H34N2OS/c1-2-47-32-24-29(23-31(26-32)46-39-15-7-3-11-33(39)34-12-4-8-16-40(34)46)28-19-21-42-37(25-28)35-13-5-9-17-41(35)45(42)30-20-22-44-38(27-30)36-14-6-10-18-43(36)48-44/h3-7,9-15,17-22,24-27,31H,2,8,16,23H2,1H3. The van der Waals surface area contributed by atoms with E-state index in [1.54, 1.807) is 0 Å². The van der Waals surface area contributed by atoms with Gasteiger partial charge >= 0.3 is 0 Å². The number of ether oxygens (including phenoxy) is 1. The van der Waals surface area contributed by atoms with Gasteiger partial charge in [0.25, 0.3) is 0 Å². The first-order valence-electron chi connectivity index (χ1n) is 17.0. The third-order valence-electron chi connectivity index (χ3n) is 10.3. The van der Waals surface area contributed by atoms with Crippen molar-refractivity contribution >= 4 is 75.9 Å². The molecule has 0 radical (unpaired) electrons. The van der Waals surface area contributed by atoms with E-state index in [0.29, 0.717) is 6.61 Å². The first kappa shape index (κ1) is 27.8. The Morgan fingerprint density at radius 3 is 2.40 bits per heavy atom. The highest BCUT2D eigenvalue weighted by Gasteiger charge is 2.26. The van der Waals surface area contributed by atoms with Crippen LogP contribution in [0.15, 0.2) is 133 Å². The third-order valence-corrected chi connectivity index (χ3v) is 11.4. The maximum atomic E-state index is 6.25. The predicted octanol–water partition coefficient (Wildman–Crippen LogP) is 12.0. The van der Waals surface area contributed by atoms with Gasteiger partial charge in [-0.2, -0.15) is 0 Å². The number of thiophene rings is 1. The highest BCUT2D eigenvalue weighted by Crippen LogP contribution is 2.42. The van der Waals surface area contributed by atoms with Gasteiger partial charge in [0.2, 0.25) is 0 Å². The molecule has 8 aromatic rings. The van der Waals surface area contributed by atoms with Crippen molar-refractivity contribution in [3.05, 3.63) is 150 Å². The van der Waals surface area contributed by atoms with Crippen LogP contribution in [0.4, 0.5) is 0 Å². The molecule has 3 nitrogen and oxygen atoms in total. The van der Waals surface area contributed by atoms with Gasteiger partial charge in [0.1, 0.15) is 5.76 Å². The van der Waals surface area contributed by atoms with E-state index < -0.39 is 0 Å². The van der Waals surface area contributed by atoms with Gasteiger partial charge in [-0.25, -0.2) is 0 Å². The largest absolute Gasteiger partial charge is 0.494 e. The van der Waals surface area contributed by atoms with E-state index in [1.165, 1.54) is 81.0 Å². The molecule has 0 saturated carbocycles. The normalized spacial score (nSPS) is 16.2. The van der Waals surface area contributed by atoms with E-state index in [1.807, 2.05) is 11.3 Å². The molecule has 0 N–H and O–H groups in total. The molecule has 4 heteroatoms. The Kier molecular flexibility index (Phi) is 6.28. The highest BCUT2D eigenvalue weighted by atomic mass is 32.1. The number of hydrogen-bond acceptors (Lipinski definition) is 2. The summed E-state index contributed by atoms with van der Waals surface area (Å²) in [5.41, 5.74) is 10.3. The maximum Gasteiger partial charge on any atom is 0.117 e. The second-order valence-corrected chi connectivity index (χ2v) is 14.1. The van der Waals surface area contributed by atoms with Gasteiger partial charge < -0.3 is 13.9 Å². The zero-order valence-electron chi connectivity index (χ0n) is 26.8. The van der Waals surface area contributed by atoms with Crippen molar-refractivity contribution in [2.24, 2.45) is 0 Å². The fraction of sp³-hybridized carbons (Fsp3) is 0.136. The van der Waals surface area contributed by atoms with Crippen LogP contribution in [0.5, 0.6) is 0 Å². The number of rotatable bonds is 5. The van der Waals surface area contributed by atoms with Crippen molar-refractivity contribution in [2.45, 2.75) is 32.2 Å². The minimum absolute atomic E-state index is 0.177. The summed E-state index contributed by atoms with van der Waals surface area (Å²) >= 11 is 1.87. The quantitative estimate of drug-likeness (QED) is 0.184. The average Bonchev–Trinajstić information content (AvgIpc) is 3.79. The van der Waals surface area contributed by atoms with Crippen LogP contribution in [0.1, 0.15) is 42.6 Å². The molecule has 3 aromatic heterocycles. The number of hydrogen-bond donors (Lipinski definition) is 0. The first-order chi connectivity index (χ1) is 23.7. The highest BCUT2D eigenvalue weighted by molar-refractivity contribution is 7.25. The molecule has 2 aliphatic rings. The van der Waals surface area contributed by atoms with E-state index in [9.17, 15) is 0 Å². The van der Waals surface area contributed by atoms with Crippen LogP contribution >= 0.6 is 11.3 Å². The van der Waals surface area contributed by atoms with Crippen molar-refractivity contribution < 1.29 is 4.74 Å². The summed E-state index contributed by atoms with van der Waals surface area (Å²) in [6, 6.07) is 40.7. The van der Waals surface area contributed by atoms with E-state index in [2.05, 4.69) is 150 Å². The molecule has 0 fully saturated rings. The Morgan fingerprint density at radius 2 is 1.50 bits per heavy atom. The maximum absolute atomic E-state index is 6.25. The van der Waals surface area contributed by atoms with Gasteiger partial charge in [-0.05, 0) is 98.0 Å². The number of nitrogens with zero attached hydrogens (tertiary/aromatic N) is 2. The average molecular weight is 639 g/mol. The van der Waals surface area contributed by atoms with Crippen molar-refractivity contribution in [1.82, 2.24) is 9.13 Å². The van der Waals surface area contributed by atoms with E-state index in [-0.39, 0.29) is 6.04 Å². The molecule has 1 unspecified atom stereocenters. The Bertz CT molecular complexity index is 2680. The van der Waals surface area contributed by atoms with Crippen LogP contribution in [0.25, 0.3) is 70.2 Å². The zero-order valence-corrected chi connectivity index (χ0v) is 27.6. The molecule has 0 aliphatic heterocycles. The lowest BCUT2D eigenvalue weighted by molar-refractivity contribution is 0.238. The minimum atomic E-state index is 0.177. The number of aromatic nitrogens is 2. The lowest BCUT2D eigenvalue weighted by atomic mass is 9.92. The second-order valence-electron chi connectivity index (χ2n) is 13.0. The summed E-state index contributed by atoms with van der Waals surface area (Å²) in [5.74, 6) is 0.959. The van der Waals surface area contributed by atoms with Crippen LogP contribution in [-0.2, 0) is 11.2 Å². The summed E-state index contributed by atoms with van der Waals surface area (Å²) in [4.78, 5) is 0. The molecule has 0 saturated heterocycles. The Balaban J connectivity index is 1.12. The van der Waals surface area contributed by atoms with Crippen molar-refractivity contribution in [3.8, 4) is 5.69 Å². The smallest absolute Gasteiger partial charge is 0.117 e. The Labute approximate surface area is 283 Å². The molecule has 232 valence electrons. The lowest BCUT2D eigenvalue weighted by Crippen LogP contribution is -2.15. The second kappa shape index (κ2) is 10.9. The number of para-hydroxylation sites is 2. The van der Waals surface area contributed by atoms with Gasteiger partial charge in [0.15, 0.2) is 0 Å². The Morgan fingerprint density at radius 1 is 0.729 bits per heavy atom. The number of fused-ring (bicyclic) bond motifs is 9. The van der Waals surface area contributed by atoms with Crippen LogP contribution in [0, 0.1) is 0 Å². The van der Waals surface area contributed by atoms with Gasteiger partial charge in [-0.15, -0.1) is 11.3 Å². The lowest BCUT2D eigenvalue weighted by Gasteiger charge is -2.27. The summed E-state index contributed by atoms with van der Waals surface area (Å²) in [7, 11) is 0. The van der Waals surface area contributed by atoms with E-state index in [4.69, 9.17) is 4.74 Å². The zero-order chi connectivity index (χ0) is 31.8. The Hall–Kier alpha value is -5.32. The fourth-order valence-electron chi connectivity index (χ4n) is 8.26. The molecule has 3 heterocycles. The summed E-state index contributed by atoms with van der Waals surface area (Å²) in [6.07, 6.45) is 12.3. The predicted molar refractivity (Wildman–Crippen MR) is 204 cm³/mol. The van der Waals surface area contributed by atoms with Crippen molar-refractivity contribution in [2.75, 3.05) is 6.61 Å². The fourth-order valence-corrected chi connectivity index (χ4v) is 9.35. The first-order valence-corrected chi connectivity index (χ1v) is 17.9. The number of benzene rings is 5. The molecule has 5 aromatic carbocycles. The number of allylic oxidation sites excluding steroid dienone is 4. The molecule has 48 heavy (non-hydrogen) atoms. The molecular weight excluding hydrogens is 605 g/mol. The summed E-state index contributed by atoms with van der Waals surface area (Å²) in [6.45, 7) is 2.72. The molecule has 0 bridgehead atoms. The van der Waals surface area contributed by atoms with Crippen molar-refractivity contribution in [3.63, 3.8) is 0 Å². The monoisotopic (exact) mass is 638 g/mol. The van der Waals surface area contributed by atoms with E-state index >= 15 is 0 Å². The van der Waals surface area contributed by atoms with Gasteiger partial charge in [-0.1, -0.05) is 72.8 Å². The molecule has 0 amide bonds. The molecular formula is C44H34N2OS. The van der Waals surface area contributed by atoms with Crippen LogP contribution in [0.2, 0.25) is 0 Å². The van der Waals surface area contributed by atoms with Gasteiger partial charge in [0, 0.05) is 58.8 Å². The van der Waals surface area contributed by atoms with Crippen LogP contribution < -0.4 is 0 Å².